The zero-order valence-electron chi connectivity index (χ0n) is 14.1. The van der Waals surface area contributed by atoms with E-state index in [-0.39, 0.29) is 29.9 Å². The van der Waals surface area contributed by atoms with Crippen molar-refractivity contribution in [3.63, 3.8) is 0 Å². The van der Waals surface area contributed by atoms with Crippen LogP contribution in [0.1, 0.15) is 18.5 Å². The Morgan fingerprint density at radius 2 is 2.44 bits per heavy atom. The summed E-state index contributed by atoms with van der Waals surface area (Å²) in [7, 11) is 0. The van der Waals surface area contributed by atoms with Crippen LogP contribution in [0, 0.1) is 5.82 Å². The SMILES string of the molecule is C[C@@H]1CN([C@H](CNC(=O)[C@H]2CSCN2)c2c(F)cccc2Cl)CCO1. The highest BCUT2D eigenvalue weighted by molar-refractivity contribution is 7.99. The van der Waals surface area contributed by atoms with Gasteiger partial charge in [-0.25, -0.2) is 4.39 Å². The summed E-state index contributed by atoms with van der Waals surface area (Å²) in [5.74, 6) is 1.14. The first-order valence-corrected chi connectivity index (χ1v) is 9.98. The van der Waals surface area contributed by atoms with Gasteiger partial charge in [-0.15, -0.1) is 11.8 Å². The van der Waals surface area contributed by atoms with E-state index in [1.54, 1.807) is 23.9 Å². The summed E-state index contributed by atoms with van der Waals surface area (Å²) in [6, 6.07) is 4.19. The van der Waals surface area contributed by atoms with Crippen molar-refractivity contribution in [1.82, 2.24) is 15.5 Å². The molecular formula is C17H23ClFN3O2S. The largest absolute Gasteiger partial charge is 0.376 e. The number of carbonyl (C=O) groups excluding carboxylic acids is 1. The zero-order chi connectivity index (χ0) is 17.8. The average molecular weight is 388 g/mol. The number of nitrogens with one attached hydrogen (secondary N) is 2. The Hall–Kier alpha value is -0.860. The molecule has 2 N–H and O–H groups in total. The van der Waals surface area contributed by atoms with Gasteiger partial charge in [0.05, 0.1) is 24.8 Å². The Morgan fingerprint density at radius 1 is 1.60 bits per heavy atom. The fourth-order valence-electron chi connectivity index (χ4n) is 3.26. The van der Waals surface area contributed by atoms with Gasteiger partial charge in [-0.3, -0.25) is 15.0 Å². The molecule has 3 rings (SSSR count). The fourth-order valence-corrected chi connectivity index (χ4v) is 4.49. The van der Waals surface area contributed by atoms with E-state index in [0.29, 0.717) is 36.8 Å². The smallest absolute Gasteiger partial charge is 0.238 e. The third-order valence-electron chi connectivity index (χ3n) is 4.55. The standard InChI is InChI=1S/C17H23ClFN3O2S/c1-11-8-22(5-6-24-11)15(16-12(18)3-2-4-13(16)19)7-20-17(23)14-9-25-10-21-14/h2-4,11,14-15,21H,5-10H2,1H3,(H,20,23)/t11-,14-,15-/m1/s1. The highest BCUT2D eigenvalue weighted by Gasteiger charge is 2.30. The Morgan fingerprint density at radius 3 is 3.12 bits per heavy atom. The summed E-state index contributed by atoms with van der Waals surface area (Å²) < 4.78 is 20.1. The minimum atomic E-state index is -0.347. The van der Waals surface area contributed by atoms with Gasteiger partial charge in [0.1, 0.15) is 5.82 Å². The molecule has 0 aromatic heterocycles. The molecule has 0 saturated carbocycles. The molecule has 0 radical (unpaired) electrons. The van der Waals surface area contributed by atoms with Crippen molar-refractivity contribution in [2.75, 3.05) is 37.9 Å². The molecule has 3 atom stereocenters. The fraction of sp³-hybridized carbons (Fsp3) is 0.588. The number of morpholine rings is 1. The molecule has 0 bridgehead atoms. The number of thioether (sulfide) groups is 1. The maximum Gasteiger partial charge on any atom is 0.238 e. The van der Waals surface area contributed by atoms with Crippen LogP contribution < -0.4 is 10.6 Å². The van der Waals surface area contributed by atoms with Crippen LogP contribution in [0.2, 0.25) is 5.02 Å². The summed E-state index contributed by atoms with van der Waals surface area (Å²) >= 11 is 7.99. The Balaban J connectivity index is 1.77. The zero-order valence-corrected chi connectivity index (χ0v) is 15.7. The first-order chi connectivity index (χ1) is 12.1. The van der Waals surface area contributed by atoms with E-state index < -0.39 is 0 Å². The molecule has 8 heteroatoms. The summed E-state index contributed by atoms with van der Waals surface area (Å²) in [5.41, 5.74) is 0.437. The first-order valence-electron chi connectivity index (χ1n) is 8.44. The third kappa shape index (κ3) is 4.65. The molecule has 2 heterocycles. The summed E-state index contributed by atoms with van der Waals surface area (Å²) in [5, 5.41) is 6.50. The van der Waals surface area contributed by atoms with E-state index in [0.717, 1.165) is 11.6 Å². The van der Waals surface area contributed by atoms with E-state index in [4.69, 9.17) is 16.3 Å². The number of hydrogen-bond acceptors (Lipinski definition) is 5. The predicted octanol–water partition coefficient (Wildman–Crippen LogP) is 2.02. The van der Waals surface area contributed by atoms with E-state index in [1.807, 2.05) is 6.92 Å². The van der Waals surface area contributed by atoms with Gasteiger partial charge in [0.2, 0.25) is 5.91 Å². The molecule has 25 heavy (non-hydrogen) atoms. The minimum absolute atomic E-state index is 0.0521. The number of nitrogens with zero attached hydrogens (tertiary/aromatic N) is 1. The highest BCUT2D eigenvalue weighted by atomic mass is 35.5. The second-order valence-electron chi connectivity index (χ2n) is 6.34. The lowest BCUT2D eigenvalue weighted by Crippen LogP contribution is -2.49. The number of benzene rings is 1. The van der Waals surface area contributed by atoms with Gasteiger partial charge in [0, 0.05) is 41.8 Å². The van der Waals surface area contributed by atoms with E-state index in [2.05, 4.69) is 15.5 Å². The Kier molecular flexibility index (Phi) is 6.57. The van der Waals surface area contributed by atoms with Crippen molar-refractivity contribution in [3.8, 4) is 0 Å². The van der Waals surface area contributed by atoms with Crippen LogP contribution in [-0.2, 0) is 9.53 Å². The van der Waals surface area contributed by atoms with Crippen molar-refractivity contribution >= 4 is 29.3 Å². The second kappa shape index (κ2) is 8.68. The van der Waals surface area contributed by atoms with Gasteiger partial charge in [-0.1, -0.05) is 17.7 Å². The van der Waals surface area contributed by atoms with Crippen molar-refractivity contribution in [2.24, 2.45) is 0 Å². The first kappa shape index (κ1) is 18.9. The number of halogens is 2. The number of rotatable bonds is 5. The van der Waals surface area contributed by atoms with Crippen molar-refractivity contribution in [1.29, 1.82) is 0 Å². The molecule has 2 aliphatic rings. The molecule has 1 amide bonds. The van der Waals surface area contributed by atoms with Crippen molar-refractivity contribution in [3.05, 3.63) is 34.6 Å². The summed E-state index contributed by atoms with van der Waals surface area (Å²) in [4.78, 5) is 14.5. The number of hydrogen-bond donors (Lipinski definition) is 2. The van der Waals surface area contributed by atoms with Crippen molar-refractivity contribution < 1.29 is 13.9 Å². The van der Waals surface area contributed by atoms with Crippen LogP contribution in [0.4, 0.5) is 4.39 Å². The Bertz CT molecular complexity index is 595. The van der Waals surface area contributed by atoms with Crippen molar-refractivity contribution in [2.45, 2.75) is 25.1 Å². The molecule has 1 aromatic carbocycles. The lowest BCUT2D eigenvalue weighted by molar-refractivity contribution is -0.122. The average Bonchev–Trinajstić information content (AvgIpc) is 3.12. The monoisotopic (exact) mass is 387 g/mol. The van der Waals surface area contributed by atoms with Crippen LogP contribution in [0.15, 0.2) is 18.2 Å². The number of carbonyl (C=O) groups is 1. The topological polar surface area (TPSA) is 53.6 Å². The van der Waals surface area contributed by atoms with E-state index >= 15 is 0 Å². The van der Waals surface area contributed by atoms with Crippen LogP contribution in [0.3, 0.4) is 0 Å². The van der Waals surface area contributed by atoms with Crippen LogP contribution in [0.5, 0.6) is 0 Å². The molecule has 0 aliphatic carbocycles. The molecule has 5 nitrogen and oxygen atoms in total. The van der Waals surface area contributed by atoms with E-state index in [1.165, 1.54) is 6.07 Å². The molecule has 2 saturated heterocycles. The molecule has 2 fully saturated rings. The van der Waals surface area contributed by atoms with Crippen LogP contribution in [0.25, 0.3) is 0 Å². The second-order valence-corrected chi connectivity index (χ2v) is 7.78. The highest BCUT2D eigenvalue weighted by Crippen LogP contribution is 2.31. The van der Waals surface area contributed by atoms with Crippen LogP contribution in [-0.4, -0.2) is 60.8 Å². The van der Waals surface area contributed by atoms with Gasteiger partial charge >= 0.3 is 0 Å². The predicted molar refractivity (Wildman–Crippen MR) is 98.4 cm³/mol. The molecular weight excluding hydrogens is 365 g/mol. The van der Waals surface area contributed by atoms with Gasteiger partial charge in [0.25, 0.3) is 0 Å². The quantitative estimate of drug-likeness (QED) is 0.809. The summed E-state index contributed by atoms with van der Waals surface area (Å²) in [6.45, 7) is 4.23. The van der Waals surface area contributed by atoms with Crippen LogP contribution >= 0.6 is 23.4 Å². The molecule has 0 unspecified atom stereocenters. The minimum Gasteiger partial charge on any atom is -0.376 e. The van der Waals surface area contributed by atoms with Gasteiger partial charge in [-0.05, 0) is 19.1 Å². The summed E-state index contributed by atoms with van der Waals surface area (Å²) in [6.07, 6.45) is 0.0606. The van der Waals surface area contributed by atoms with Gasteiger partial charge in [-0.2, -0.15) is 0 Å². The molecule has 1 aromatic rings. The third-order valence-corrected chi connectivity index (χ3v) is 5.82. The van der Waals surface area contributed by atoms with Gasteiger partial charge in [0.15, 0.2) is 0 Å². The maximum atomic E-state index is 14.5. The lowest BCUT2D eigenvalue weighted by atomic mass is 10.0. The van der Waals surface area contributed by atoms with E-state index in [9.17, 15) is 9.18 Å². The number of ether oxygens (including phenoxy) is 1. The molecule has 2 aliphatic heterocycles. The lowest BCUT2D eigenvalue weighted by Gasteiger charge is -2.38. The molecule has 0 spiro atoms. The van der Waals surface area contributed by atoms with Gasteiger partial charge < -0.3 is 10.1 Å². The normalized spacial score (nSPS) is 25.7. The Labute approximate surface area is 156 Å². The maximum absolute atomic E-state index is 14.5. The number of amides is 1. The molecule has 138 valence electrons.